The van der Waals surface area contributed by atoms with Gasteiger partial charge >= 0.3 is 0 Å². The van der Waals surface area contributed by atoms with E-state index in [2.05, 4.69) is 4.90 Å². The van der Waals surface area contributed by atoms with Crippen LogP contribution in [0.5, 0.6) is 0 Å². The van der Waals surface area contributed by atoms with Crippen LogP contribution in [-0.2, 0) is 0 Å². The van der Waals surface area contributed by atoms with E-state index >= 15 is 0 Å². The van der Waals surface area contributed by atoms with Gasteiger partial charge in [-0.3, -0.25) is 4.90 Å². The molecule has 3 unspecified atom stereocenters. The van der Waals surface area contributed by atoms with Gasteiger partial charge in [-0.2, -0.15) is 0 Å². The van der Waals surface area contributed by atoms with Crippen LogP contribution in [0.3, 0.4) is 0 Å². The summed E-state index contributed by atoms with van der Waals surface area (Å²) < 4.78 is 0. The molecule has 2 aliphatic heterocycles. The Morgan fingerprint density at radius 2 is 2.27 bits per heavy atom. The van der Waals surface area contributed by atoms with Gasteiger partial charge in [0.2, 0.25) is 0 Å². The minimum absolute atomic E-state index is 0.144. The maximum absolute atomic E-state index is 9.32. The van der Waals surface area contributed by atoms with E-state index in [1.165, 1.54) is 0 Å². The summed E-state index contributed by atoms with van der Waals surface area (Å²) in [7, 11) is 0. The lowest BCUT2D eigenvalue weighted by molar-refractivity contribution is 0.172. The Balaban J connectivity index is 2.01. The molecule has 2 aliphatic rings. The Hall–Kier alpha value is -0.120. The highest BCUT2D eigenvalue weighted by atomic mass is 16.3. The second-order valence-electron chi connectivity index (χ2n) is 3.68. The van der Waals surface area contributed by atoms with Crippen molar-refractivity contribution in [1.29, 1.82) is 0 Å². The number of hydrogen-bond donors (Lipinski definition) is 2. The highest BCUT2D eigenvalue weighted by Crippen LogP contribution is 2.32. The summed E-state index contributed by atoms with van der Waals surface area (Å²) in [4.78, 5) is 2.30. The van der Waals surface area contributed by atoms with Crippen LogP contribution in [0.1, 0.15) is 12.8 Å². The molecule has 0 aromatic rings. The van der Waals surface area contributed by atoms with Gasteiger partial charge in [0, 0.05) is 19.2 Å². The third kappa shape index (κ3) is 1.17. The first kappa shape index (κ1) is 7.53. The van der Waals surface area contributed by atoms with Crippen LogP contribution < -0.4 is 0 Å². The van der Waals surface area contributed by atoms with Gasteiger partial charge in [-0.25, -0.2) is 0 Å². The fraction of sp³-hybridized carbons (Fsp3) is 1.00. The molecule has 11 heavy (non-hydrogen) atoms. The van der Waals surface area contributed by atoms with Crippen molar-refractivity contribution in [2.75, 3.05) is 19.7 Å². The van der Waals surface area contributed by atoms with E-state index in [9.17, 15) is 5.11 Å². The minimum atomic E-state index is -0.144. The van der Waals surface area contributed by atoms with E-state index in [-0.39, 0.29) is 12.7 Å². The topological polar surface area (TPSA) is 43.7 Å². The maximum atomic E-state index is 9.32. The smallest absolute Gasteiger partial charge is 0.0682 e. The first-order chi connectivity index (χ1) is 5.31. The predicted octanol–water partition coefficient (Wildman–Crippen LogP) is -0.566. The van der Waals surface area contributed by atoms with Gasteiger partial charge in [-0.05, 0) is 25.3 Å². The average molecular weight is 157 g/mol. The Morgan fingerprint density at radius 1 is 1.45 bits per heavy atom. The highest BCUT2D eigenvalue weighted by molar-refractivity contribution is 4.94. The van der Waals surface area contributed by atoms with Crippen LogP contribution in [0.2, 0.25) is 0 Å². The third-order valence-electron chi connectivity index (χ3n) is 2.99. The first-order valence-corrected chi connectivity index (χ1v) is 4.34. The Kier molecular flexibility index (Phi) is 1.87. The zero-order valence-electron chi connectivity index (χ0n) is 6.61. The SMILES string of the molecule is OCC1CCN2CC(O)CC12. The van der Waals surface area contributed by atoms with Gasteiger partial charge in [-0.1, -0.05) is 0 Å². The van der Waals surface area contributed by atoms with Crippen LogP contribution >= 0.6 is 0 Å². The molecule has 0 radical (unpaired) electrons. The molecule has 0 bridgehead atoms. The van der Waals surface area contributed by atoms with Gasteiger partial charge < -0.3 is 10.2 Å². The van der Waals surface area contributed by atoms with Crippen LogP contribution in [0.4, 0.5) is 0 Å². The Bertz CT molecular complexity index is 149. The summed E-state index contributed by atoms with van der Waals surface area (Å²) in [5.74, 6) is 0.423. The molecule has 3 atom stereocenters. The van der Waals surface area contributed by atoms with Crippen molar-refractivity contribution in [1.82, 2.24) is 4.90 Å². The highest BCUT2D eigenvalue weighted by Gasteiger charge is 2.40. The summed E-state index contributed by atoms with van der Waals surface area (Å²) in [6, 6.07) is 0.468. The van der Waals surface area contributed by atoms with Gasteiger partial charge in [0.1, 0.15) is 0 Å². The molecule has 2 rings (SSSR count). The first-order valence-electron chi connectivity index (χ1n) is 4.34. The molecule has 0 aromatic heterocycles. The van der Waals surface area contributed by atoms with E-state index in [1.54, 1.807) is 0 Å². The lowest BCUT2D eigenvalue weighted by atomic mass is 9.99. The molecule has 0 amide bonds. The molecular weight excluding hydrogens is 142 g/mol. The lowest BCUT2D eigenvalue weighted by Gasteiger charge is -2.17. The summed E-state index contributed by atoms with van der Waals surface area (Å²) >= 11 is 0. The van der Waals surface area contributed by atoms with Crippen LogP contribution in [0.25, 0.3) is 0 Å². The van der Waals surface area contributed by atoms with Gasteiger partial charge in [-0.15, -0.1) is 0 Å². The van der Waals surface area contributed by atoms with Crippen molar-refractivity contribution in [2.24, 2.45) is 5.92 Å². The van der Waals surface area contributed by atoms with Crippen molar-refractivity contribution < 1.29 is 10.2 Å². The number of aliphatic hydroxyl groups is 2. The van der Waals surface area contributed by atoms with Gasteiger partial charge in [0.25, 0.3) is 0 Å². The molecule has 3 nitrogen and oxygen atoms in total. The van der Waals surface area contributed by atoms with E-state index in [4.69, 9.17) is 5.11 Å². The fourth-order valence-electron chi connectivity index (χ4n) is 2.39. The predicted molar refractivity (Wildman–Crippen MR) is 41.2 cm³/mol. The van der Waals surface area contributed by atoms with Crippen molar-refractivity contribution in [3.63, 3.8) is 0 Å². The second kappa shape index (κ2) is 2.73. The zero-order valence-corrected chi connectivity index (χ0v) is 6.61. The molecule has 2 heterocycles. The van der Waals surface area contributed by atoms with Crippen LogP contribution in [-0.4, -0.2) is 47.0 Å². The summed E-state index contributed by atoms with van der Waals surface area (Å²) in [6.07, 6.45) is 1.83. The molecule has 2 fully saturated rings. The van der Waals surface area contributed by atoms with Crippen molar-refractivity contribution in [3.8, 4) is 0 Å². The lowest BCUT2D eigenvalue weighted by Crippen LogP contribution is -2.27. The molecule has 2 N–H and O–H groups in total. The van der Waals surface area contributed by atoms with Crippen LogP contribution in [0, 0.1) is 5.92 Å². The largest absolute Gasteiger partial charge is 0.396 e. The van der Waals surface area contributed by atoms with E-state index in [1.807, 2.05) is 0 Å². The molecule has 0 aromatic carbocycles. The third-order valence-corrected chi connectivity index (χ3v) is 2.99. The average Bonchev–Trinajstić information content (AvgIpc) is 2.45. The summed E-state index contributed by atoms with van der Waals surface area (Å²) in [5, 5.41) is 18.3. The van der Waals surface area contributed by atoms with Gasteiger partial charge in [0.15, 0.2) is 0 Å². The number of rotatable bonds is 1. The molecule has 2 saturated heterocycles. The number of nitrogens with zero attached hydrogens (tertiary/aromatic N) is 1. The van der Waals surface area contributed by atoms with E-state index in [0.717, 1.165) is 25.9 Å². The molecular formula is C8H15NO2. The molecule has 0 spiro atoms. The maximum Gasteiger partial charge on any atom is 0.0682 e. The van der Waals surface area contributed by atoms with E-state index in [0.29, 0.717) is 12.0 Å². The van der Waals surface area contributed by atoms with Gasteiger partial charge in [0.05, 0.1) is 6.10 Å². The fourth-order valence-corrected chi connectivity index (χ4v) is 2.39. The monoisotopic (exact) mass is 157 g/mol. The molecule has 64 valence electrons. The molecule has 0 saturated carbocycles. The Labute approximate surface area is 66.6 Å². The molecule has 0 aliphatic carbocycles. The summed E-state index contributed by atoms with van der Waals surface area (Å²) in [6.45, 7) is 2.17. The van der Waals surface area contributed by atoms with Crippen molar-refractivity contribution in [3.05, 3.63) is 0 Å². The van der Waals surface area contributed by atoms with Crippen molar-refractivity contribution in [2.45, 2.75) is 25.0 Å². The molecule has 3 heteroatoms. The number of aliphatic hydroxyl groups excluding tert-OH is 2. The standard InChI is InChI=1S/C8H15NO2/c10-5-6-1-2-9-4-7(11)3-8(6)9/h6-8,10-11H,1-5H2. The zero-order chi connectivity index (χ0) is 7.84. The summed E-state index contributed by atoms with van der Waals surface area (Å²) in [5.41, 5.74) is 0. The number of fused-ring (bicyclic) bond motifs is 1. The quantitative estimate of drug-likeness (QED) is 0.536. The normalized spacial score (nSPS) is 44.7. The minimum Gasteiger partial charge on any atom is -0.396 e. The Morgan fingerprint density at radius 3 is 3.00 bits per heavy atom. The van der Waals surface area contributed by atoms with Crippen LogP contribution in [0.15, 0.2) is 0 Å². The van der Waals surface area contributed by atoms with E-state index < -0.39 is 0 Å². The number of hydrogen-bond acceptors (Lipinski definition) is 3. The second-order valence-corrected chi connectivity index (χ2v) is 3.68. The van der Waals surface area contributed by atoms with Crippen molar-refractivity contribution >= 4 is 0 Å².